The van der Waals surface area contributed by atoms with E-state index in [1.165, 1.54) is 243 Å². The summed E-state index contributed by atoms with van der Waals surface area (Å²) in [6.45, 7) is 16.2. The van der Waals surface area contributed by atoms with Crippen molar-refractivity contribution in [2.45, 2.75) is 361 Å². The lowest BCUT2D eigenvalue weighted by molar-refractivity contribution is -0.133. The van der Waals surface area contributed by atoms with Crippen molar-refractivity contribution in [1.82, 2.24) is 39.3 Å². The molecule has 2 saturated heterocycles. The quantitative estimate of drug-likeness (QED) is 0.0274. The van der Waals surface area contributed by atoms with Crippen LogP contribution in [-0.2, 0) is 14.3 Å². The van der Waals surface area contributed by atoms with Crippen LogP contribution in [0.5, 0.6) is 11.5 Å². The zero-order valence-corrected chi connectivity index (χ0v) is 72.6. The molecule has 0 spiro atoms. The molecule has 113 heavy (non-hydrogen) atoms. The zero-order valence-electron chi connectivity index (χ0n) is 69.6. The molecule has 0 aliphatic carbocycles. The van der Waals surface area contributed by atoms with E-state index >= 15 is 0 Å². The van der Waals surface area contributed by atoms with Crippen molar-refractivity contribution >= 4 is 75.9 Å². The molecule has 3 N–H and O–H groups in total. The molecule has 628 valence electrons. The van der Waals surface area contributed by atoms with Crippen LogP contribution in [-0.4, -0.2) is 89.0 Å². The Kier molecular flexibility index (Phi) is 43.6. The molecule has 2 aliphatic rings. The number of halogens is 6. The van der Waals surface area contributed by atoms with Crippen LogP contribution in [0.2, 0.25) is 20.1 Å². The molecule has 2 fully saturated rings. The molecule has 3 amide bonds. The highest BCUT2D eigenvalue weighted by atomic mass is 35.5. The molecule has 6 heterocycles. The fourth-order valence-electron chi connectivity index (χ4n) is 15.4. The zero-order chi connectivity index (χ0) is 81.2. The molecular weight excluding hydrogens is 1510 g/mol. The van der Waals surface area contributed by atoms with Crippen molar-refractivity contribution in [1.29, 1.82) is 0 Å². The van der Waals surface area contributed by atoms with Crippen LogP contribution in [0.1, 0.15) is 366 Å². The van der Waals surface area contributed by atoms with Crippen molar-refractivity contribution in [2.75, 3.05) is 37.2 Å². The van der Waals surface area contributed by atoms with E-state index in [9.17, 15) is 23.2 Å². The SMILES string of the molecule is CCCCCCCCCCCCCCCCCCCCCC(=O)N1CCC(n2cc(-c3cnc(N)c(O[C@H](C)c4c(Cl)ccc(F)c4Cl)c3)cn2)CC1.CCCCCCCCCCCCCCCCCCCCCC(=O)N1CCC(n2cc(-c3cnc(NC(=O)OC(C)(C)C)c(O[C@H](C)c4c(Cl)ccc(F)c4Cl)c3)cn2)CC1. The Balaban J connectivity index is 0.000000316. The monoisotopic (exact) mass is 1640 g/mol. The number of benzene rings is 2. The topological polar surface area (TPSA) is 185 Å². The molecule has 16 nitrogen and oxygen atoms in total. The maximum Gasteiger partial charge on any atom is 0.413 e. The molecule has 6 aromatic rings. The average Bonchev–Trinajstić information content (AvgIpc) is 1.77. The van der Waals surface area contributed by atoms with Crippen molar-refractivity contribution in [3.8, 4) is 33.8 Å². The molecule has 0 unspecified atom stereocenters. The highest BCUT2D eigenvalue weighted by molar-refractivity contribution is 6.36. The number of unbranched alkanes of at least 4 members (excludes halogenated alkanes) is 36. The molecule has 2 aliphatic heterocycles. The summed E-state index contributed by atoms with van der Waals surface area (Å²) in [5.41, 5.74) is 9.18. The summed E-state index contributed by atoms with van der Waals surface area (Å²) >= 11 is 25.2. The first-order valence-electron chi connectivity index (χ1n) is 43.6. The number of likely N-dealkylation sites (tertiary alicyclic amines) is 2. The number of carbonyl (C=O) groups is 3. The Morgan fingerprint density at radius 1 is 0.469 bits per heavy atom. The summed E-state index contributed by atoms with van der Waals surface area (Å²) in [4.78, 5) is 51.6. The van der Waals surface area contributed by atoms with Crippen LogP contribution >= 0.6 is 46.4 Å². The Bertz CT molecular complexity index is 3720. The third-order valence-electron chi connectivity index (χ3n) is 22.2. The van der Waals surface area contributed by atoms with E-state index in [2.05, 4.69) is 39.3 Å². The lowest BCUT2D eigenvalue weighted by Crippen LogP contribution is -2.39. The van der Waals surface area contributed by atoms with Crippen molar-refractivity contribution in [2.24, 2.45) is 0 Å². The van der Waals surface area contributed by atoms with Crippen LogP contribution in [0.25, 0.3) is 22.3 Å². The van der Waals surface area contributed by atoms with Gasteiger partial charge in [-0.2, -0.15) is 10.2 Å². The van der Waals surface area contributed by atoms with Crippen molar-refractivity contribution < 1.29 is 37.4 Å². The maximum atomic E-state index is 14.4. The molecule has 0 saturated carbocycles. The molecule has 0 bridgehead atoms. The fourth-order valence-corrected chi connectivity index (χ4v) is 16.7. The fraction of sp³-hybridized carbons (Fsp3) is 0.659. The van der Waals surface area contributed by atoms with Gasteiger partial charge in [-0.15, -0.1) is 0 Å². The summed E-state index contributed by atoms with van der Waals surface area (Å²) in [5, 5.41) is 12.3. The predicted octanol–water partition coefficient (Wildman–Crippen LogP) is 28.0. The van der Waals surface area contributed by atoms with Crippen molar-refractivity contribution in [3.63, 3.8) is 0 Å². The van der Waals surface area contributed by atoms with Crippen LogP contribution in [0.3, 0.4) is 0 Å². The minimum atomic E-state index is -0.795. The van der Waals surface area contributed by atoms with Gasteiger partial charge in [0.15, 0.2) is 23.1 Å². The van der Waals surface area contributed by atoms with Gasteiger partial charge in [0.05, 0.1) is 34.5 Å². The molecule has 0 radical (unpaired) electrons. The lowest BCUT2D eigenvalue weighted by atomic mass is 10.0. The number of rotatable bonds is 51. The lowest BCUT2D eigenvalue weighted by Gasteiger charge is -2.32. The second kappa shape index (κ2) is 52.5. The number of anilines is 2. The summed E-state index contributed by atoms with van der Waals surface area (Å²) in [6.07, 6.45) is 64.6. The number of piperidine rings is 2. The standard InChI is InChI=1S/C48H72Cl2FN5O4.C43H64Cl2FN5O2/c1-6-7-8-9-10-11-12-13-14-15-16-17-18-19-20-21-22-23-24-25-43(57)55-30-28-39(29-31-55)56-35-38(34-53-56)37-32-42(46(52-33-37)54-47(58)60-48(3,4)5)59-36(2)44-40(49)26-27-41(51)45(44)50;1-3-4-5-6-7-8-9-10-11-12-13-14-15-16-17-18-19-20-21-22-40(52)50-27-25-36(26-28-50)51-32-35(31-49-51)34-29-39(43(47)48-30-34)53-33(2)41-37(44)23-24-38(46)42(41)45/h26-27,32-36,39H,6-25,28-31H2,1-5H3,(H,52,54,58);23-24,29-33,36H,3-22,25-28H2,1-2H3,(H2,47,48)/t36-;33-/m11/s1. The first-order valence-corrected chi connectivity index (χ1v) is 45.2. The largest absolute Gasteiger partial charge is 0.482 e. The summed E-state index contributed by atoms with van der Waals surface area (Å²) in [7, 11) is 0. The number of amides is 3. The van der Waals surface area contributed by atoms with E-state index in [-0.39, 0.29) is 61.9 Å². The van der Waals surface area contributed by atoms with Gasteiger partial charge in [-0.3, -0.25) is 24.3 Å². The third kappa shape index (κ3) is 34.1. The van der Waals surface area contributed by atoms with E-state index in [0.29, 0.717) is 47.8 Å². The first kappa shape index (κ1) is 93.9. The molecular formula is C91H136Cl4F2N10O6. The molecule has 22 heteroatoms. The van der Waals surface area contributed by atoms with Gasteiger partial charge in [-0.05, 0) is 110 Å². The second-order valence-corrected chi connectivity index (χ2v) is 34.3. The van der Waals surface area contributed by atoms with Crippen LogP contribution in [0, 0.1) is 11.6 Å². The number of nitrogen functional groups attached to an aromatic ring is 1. The van der Waals surface area contributed by atoms with Crippen molar-refractivity contribution in [3.05, 3.63) is 116 Å². The molecule has 2 aromatic carbocycles. The number of hydrogen-bond donors (Lipinski definition) is 2. The van der Waals surface area contributed by atoms with Gasteiger partial charge < -0.3 is 29.7 Å². The van der Waals surface area contributed by atoms with Gasteiger partial charge in [-0.1, -0.05) is 291 Å². The van der Waals surface area contributed by atoms with Gasteiger partial charge in [0.1, 0.15) is 29.4 Å². The van der Waals surface area contributed by atoms with E-state index in [1.807, 2.05) is 31.6 Å². The summed E-state index contributed by atoms with van der Waals surface area (Å²) in [5.74, 6) is 0.233. The minimum Gasteiger partial charge on any atom is -0.482 e. The van der Waals surface area contributed by atoms with E-state index in [4.69, 9.17) is 66.3 Å². The second-order valence-electron chi connectivity index (χ2n) is 32.7. The maximum absolute atomic E-state index is 14.4. The van der Waals surface area contributed by atoms with Gasteiger partial charge in [-0.25, -0.2) is 23.5 Å². The third-order valence-corrected chi connectivity index (χ3v) is 23.6. The number of nitrogens with one attached hydrogen (secondary N) is 1. The normalized spacial score (nSPS) is 14.1. The van der Waals surface area contributed by atoms with Crippen LogP contribution in [0.4, 0.5) is 25.2 Å². The van der Waals surface area contributed by atoms with E-state index < -0.39 is 35.5 Å². The van der Waals surface area contributed by atoms with Gasteiger partial charge >= 0.3 is 6.09 Å². The number of ether oxygens (including phenoxy) is 3. The number of hydrogen-bond acceptors (Lipinski definition) is 11. The summed E-state index contributed by atoms with van der Waals surface area (Å²) in [6, 6.07) is 9.20. The minimum absolute atomic E-state index is 0.0811. The number of nitrogens with zero attached hydrogens (tertiary/aromatic N) is 8. The van der Waals surface area contributed by atoms with E-state index in [1.54, 1.807) is 71.5 Å². The average molecular weight is 1650 g/mol. The molecule has 4 aromatic heterocycles. The Morgan fingerprint density at radius 2 is 0.788 bits per heavy atom. The van der Waals surface area contributed by atoms with Gasteiger partial charge in [0.25, 0.3) is 0 Å². The van der Waals surface area contributed by atoms with Gasteiger partial charge in [0, 0.05) is 107 Å². The highest BCUT2D eigenvalue weighted by Crippen LogP contribution is 2.41. The number of pyridine rings is 2. The number of nitrogens with two attached hydrogens (primary N) is 1. The smallest absolute Gasteiger partial charge is 0.413 e. The van der Waals surface area contributed by atoms with Gasteiger partial charge in [0.2, 0.25) is 11.8 Å². The Labute approximate surface area is 696 Å². The van der Waals surface area contributed by atoms with Crippen LogP contribution in [0.15, 0.2) is 73.6 Å². The Hall–Kier alpha value is -6.21. The van der Waals surface area contributed by atoms with Crippen LogP contribution < -0.4 is 20.5 Å². The number of aromatic nitrogens is 6. The summed E-state index contributed by atoms with van der Waals surface area (Å²) < 4.78 is 50.2. The van der Waals surface area contributed by atoms with E-state index in [0.717, 1.165) is 81.1 Å². The Morgan fingerprint density at radius 3 is 1.13 bits per heavy atom. The first-order chi connectivity index (χ1) is 54.6. The predicted molar refractivity (Wildman–Crippen MR) is 462 cm³/mol. The number of carbonyl (C=O) groups excluding carboxylic acids is 3. The highest BCUT2D eigenvalue weighted by Gasteiger charge is 2.29. The molecule has 2 atom stereocenters. The molecule has 8 rings (SSSR count).